The van der Waals surface area contributed by atoms with E-state index in [1.165, 1.54) is 0 Å². The summed E-state index contributed by atoms with van der Waals surface area (Å²) >= 11 is 0. The van der Waals surface area contributed by atoms with Gasteiger partial charge in [0, 0.05) is 0 Å². The molecule has 0 amide bonds. The van der Waals surface area contributed by atoms with Crippen LogP contribution < -0.4 is 5.11 Å². The number of aliphatic carboxylic acids is 1. The molecule has 0 spiro atoms. The summed E-state index contributed by atoms with van der Waals surface area (Å²) in [6.45, 7) is 9.03. The van der Waals surface area contributed by atoms with E-state index in [2.05, 4.69) is 0 Å². The van der Waals surface area contributed by atoms with Crippen molar-refractivity contribution in [1.82, 2.24) is 0 Å². The molecule has 4 nitrogen and oxygen atoms in total. The predicted octanol–water partition coefficient (Wildman–Crippen LogP) is 0.598. The van der Waals surface area contributed by atoms with Gasteiger partial charge in [0.25, 0.3) is 0 Å². The SMILES string of the molecule is CCOC(=O)C(C(=O)[O-])C(C)(C)C(C)C. The number of hydrogen-bond donors (Lipinski definition) is 0. The molecule has 0 N–H and O–H groups in total. The van der Waals surface area contributed by atoms with E-state index in [4.69, 9.17) is 4.74 Å². The molecule has 1 unspecified atom stereocenters. The van der Waals surface area contributed by atoms with Crippen molar-refractivity contribution in [1.29, 1.82) is 0 Å². The molecule has 0 bridgehead atoms. The van der Waals surface area contributed by atoms with Crippen LogP contribution in [-0.2, 0) is 14.3 Å². The van der Waals surface area contributed by atoms with Crippen LogP contribution in [0.1, 0.15) is 34.6 Å². The zero-order valence-electron chi connectivity index (χ0n) is 9.99. The Balaban J connectivity index is 4.97. The van der Waals surface area contributed by atoms with Crippen LogP contribution in [0.15, 0.2) is 0 Å². The number of rotatable bonds is 5. The van der Waals surface area contributed by atoms with Crippen molar-refractivity contribution in [2.24, 2.45) is 17.3 Å². The molecule has 0 saturated heterocycles. The first kappa shape index (κ1) is 13.9. The summed E-state index contributed by atoms with van der Waals surface area (Å²) in [5.74, 6) is -3.24. The van der Waals surface area contributed by atoms with Crippen molar-refractivity contribution in [3.63, 3.8) is 0 Å². The molecule has 15 heavy (non-hydrogen) atoms. The third-order valence-electron chi connectivity index (χ3n) is 2.99. The lowest BCUT2D eigenvalue weighted by molar-refractivity contribution is -0.314. The average Bonchev–Trinajstić information content (AvgIpc) is 2.02. The molecule has 0 aliphatic heterocycles. The Morgan fingerprint density at radius 1 is 1.33 bits per heavy atom. The zero-order chi connectivity index (χ0) is 12.2. The van der Waals surface area contributed by atoms with Gasteiger partial charge in [-0.1, -0.05) is 27.7 Å². The third-order valence-corrected chi connectivity index (χ3v) is 2.99. The van der Waals surface area contributed by atoms with E-state index in [1.54, 1.807) is 20.8 Å². The van der Waals surface area contributed by atoms with Gasteiger partial charge in [-0.3, -0.25) is 4.79 Å². The fraction of sp³-hybridized carbons (Fsp3) is 0.818. The van der Waals surface area contributed by atoms with Crippen LogP contribution in [0, 0.1) is 17.3 Å². The minimum atomic E-state index is -1.37. The molecular formula is C11H19O4-. The standard InChI is InChI=1S/C11H20O4/c1-6-15-10(14)8(9(12)13)11(4,5)7(2)3/h7-8H,6H2,1-5H3,(H,12,13)/p-1. The number of carboxylic acid groups (broad SMARTS) is 1. The monoisotopic (exact) mass is 215 g/mol. The molecule has 0 aromatic carbocycles. The molecule has 0 rings (SSSR count). The second-order valence-corrected chi connectivity index (χ2v) is 4.48. The summed E-state index contributed by atoms with van der Waals surface area (Å²) in [5, 5.41) is 11.0. The largest absolute Gasteiger partial charge is 0.549 e. The van der Waals surface area contributed by atoms with E-state index in [0.717, 1.165) is 0 Å². The highest BCUT2D eigenvalue weighted by atomic mass is 16.5. The Kier molecular flexibility index (Phi) is 4.78. The lowest BCUT2D eigenvalue weighted by Gasteiger charge is -2.36. The Morgan fingerprint density at radius 2 is 1.80 bits per heavy atom. The molecule has 0 aliphatic rings. The maximum Gasteiger partial charge on any atom is 0.315 e. The smallest absolute Gasteiger partial charge is 0.315 e. The first-order valence-corrected chi connectivity index (χ1v) is 5.12. The molecule has 0 aromatic heterocycles. The van der Waals surface area contributed by atoms with Crippen LogP contribution in [0.25, 0.3) is 0 Å². The van der Waals surface area contributed by atoms with Crippen LogP contribution in [0.4, 0.5) is 0 Å². The minimum absolute atomic E-state index is 0.0461. The van der Waals surface area contributed by atoms with E-state index in [0.29, 0.717) is 0 Å². The Labute approximate surface area is 90.6 Å². The van der Waals surface area contributed by atoms with Crippen LogP contribution >= 0.6 is 0 Å². The molecule has 1 atom stereocenters. The van der Waals surface area contributed by atoms with Crippen molar-refractivity contribution < 1.29 is 19.4 Å². The highest BCUT2D eigenvalue weighted by Crippen LogP contribution is 2.35. The van der Waals surface area contributed by atoms with Gasteiger partial charge in [-0.25, -0.2) is 0 Å². The fourth-order valence-corrected chi connectivity index (χ4v) is 1.26. The number of hydrogen-bond acceptors (Lipinski definition) is 4. The van der Waals surface area contributed by atoms with Crippen LogP contribution in [0.2, 0.25) is 0 Å². The summed E-state index contributed by atoms with van der Waals surface area (Å²) in [6, 6.07) is 0. The molecule has 0 aliphatic carbocycles. The molecular weight excluding hydrogens is 196 g/mol. The molecule has 0 saturated carbocycles. The van der Waals surface area contributed by atoms with Gasteiger partial charge < -0.3 is 14.6 Å². The number of ether oxygens (including phenoxy) is 1. The number of esters is 1. The minimum Gasteiger partial charge on any atom is -0.549 e. The van der Waals surface area contributed by atoms with Gasteiger partial charge in [0.15, 0.2) is 0 Å². The van der Waals surface area contributed by atoms with E-state index in [1.807, 2.05) is 13.8 Å². The van der Waals surface area contributed by atoms with Gasteiger partial charge in [0.05, 0.1) is 12.6 Å². The summed E-state index contributed by atoms with van der Waals surface area (Å²) in [4.78, 5) is 22.4. The maximum absolute atomic E-state index is 11.5. The van der Waals surface area contributed by atoms with Gasteiger partial charge in [-0.2, -0.15) is 0 Å². The van der Waals surface area contributed by atoms with Crippen LogP contribution in [0.3, 0.4) is 0 Å². The summed E-state index contributed by atoms with van der Waals surface area (Å²) in [7, 11) is 0. The number of carbonyl (C=O) groups excluding carboxylic acids is 2. The quantitative estimate of drug-likeness (QED) is 0.497. The van der Waals surface area contributed by atoms with Crippen LogP contribution in [-0.4, -0.2) is 18.5 Å². The van der Waals surface area contributed by atoms with Gasteiger partial charge in [-0.15, -0.1) is 0 Å². The zero-order valence-corrected chi connectivity index (χ0v) is 9.99. The van der Waals surface area contributed by atoms with Gasteiger partial charge in [-0.05, 0) is 18.3 Å². The predicted molar refractivity (Wildman–Crippen MR) is 53.7 cm³/mol. The highest BCUT2D eigenvalue weighted by molar-refractivity contribution is 5.93. The molecule has 0 radical (unpaired) electrons. The summed E-state index contributed by atoms with van der Waals surface area (Å²) in [6.07, 6.45) is 0. The van der Waals surface area contributed by atoms with Crippen molar-refractivity contribution in [3.8, 4) is 0 Å². The second kappa shape index (κ2) is 5.14. The van der Waals surface area contributed by atoms with Crippen molar-refractivity contribution in [3.05, 3.63) is 0 Å². The Morgan fingerprint density at radius 3 is 2.07 bits per heavy atom. The average molecular weight is 215 g/mol. The van der Waals surface area contributed by atoms with Gasteiger partial charge in [0.1, 0.15) is 5.92 Å². The molecule has 0 fully saturated rings. The molecule has 88 valence electrons. The molecule has 0 heterocycles. The second-order valence-electron chi connectivity index (χ2n) is 4.48. The summed E-state index contributed by atoms with van der Waals surface area (Å²) < 4.78 is 4.74. The van der Waals surface area contributed by atoms with E-state index < -0.39 is 23.3 Å². The van der Waals surface area contributed by atoms with Crippen LogP contribution in [0.5, 0.6) is 0 Å². The van der Waals surface area contributed by atoms with Gasteiger partial charge >= 0.3 is 5.97 Å². The lowest BCUT2D eigenvalue weighted by atomic mass is 9.70. The first-order valence-electron chi connectivity index (χ1n) is 5.12. The lowest BCUT2D eigenvalue weighted by Crippen LogP contribution is -2.47. The first-order chi connectivity index (χ1) is 6.75. The number of carbonyl (C=O) groups is 2. The van der Waals surface area contributed by atoms with Crippen molar-refractivity contribution >= 4 is 11.9 Å². The van der Waals surface area contributed by atoms with Gasteiger partial charge in [0.2, 0.25) is 0 Å². The fourth-order valence-electron chi connectivity index (χ4n) is 1.26. The third kappa shape index (κ3) is 3.22. The summed E-state index contributed by atoms with van der Waals surface area (Å²) in [5.41, 5.74) is -0.676. The highest BCUT2D eigenvalue weighted by Gasteiger charge is 2.39. The topological polar surface area (TPSA) is 66.4 Å². The maximum atomic E-state index is 11.5. The molecule has 4 heteroatoms. The Bertz CT molecular complexity index is 243. The van der Waals surface area contributed by atoms with Crippen molar-refractivity contribution in [2.45, 2.75) is 34.6 Å². The van der Waals surface area contributed by atoms with Crippen molar-refractivity contribution in [2.75, 3.05) is 6.61 Å². The molecule has 0 aromatic rings. The normalized spacial score (nSPS) is 13.7. The van der Waals surface area contributed by atoms with E-state index in [-0.39, 0.29) is 12.5 Å². The van der Waals surface area contributed by atoms with E-state index in [9.17, 15) is 14.7 Å². The van der Waals surface area contributed by atoms with E-state index >= 15 is 0 Å². The Hall–Kier alpha value is -1.06. The number of carboxylic acids is 1.